The number of carbonyl (C=O) groups is 2. The molecule has 3 aromatic rings. The summed E-state index contributed by atoms with van der Waals surface area (Å²) in [5, 5.41) is 8.93. The SMILES string of the molecule is Cl.NC(CC(=O)N1CCc2cc(OCc3ccc(OCc4ccccc4)c(C(F)(F)F)c3)ccc21)C(=O)O. The Morgan fingerprint density at radius 1 is 0.974 bits per heavy atom. The summed E-state index contributed by atoms with van der Waals surface area (Å²) in [4.78, 5) is 24.8. The van der Waals surface area contributed by atoms with Crippen molar-refractivity contribution in [1.29, 1.82) is 0 Å². The van der Waals surface area contributed by atoms with E-state index in [2.05, 4.69) is 0 Å². The molecular weight excluding hydrogens is 525 g/mol. The Bertz CT molecular complexity index is 1290. The molecule has 1 aliphatic rings. The summed E-state index contributed by atoms with van der Waals surface area (Å²) in [7, 11) is 0. The maximum absolute atomic E-state index is 13.7. The molecule has 1 aliphatic heterocycles. The maximum Gasteiger partial charge on any atom is 0.419 e. The number of hydrogen-bond acceptors (Lipinski definition) is 5. The number of carboxylic acid groups (broad SMARTS) is 1. The van der Waals surface area contributed by atoms with Crippen LogP contribution in [-0.4, -0.2) is 29.6 Å². The van der Waals surface area contributed by atoms with Gasteiger partial charge in [0.15, 0.2) is 0 Å². The number of benzene rings is 3. The number of anilines is 1. The van der Waals surface area contributed by atoms with Crippen molar-refractivity contribution in [2.45, 2.75) is 38.3 Å². The molecule has 38 heavy (non-hydrogen) atoms. The Morgan fingerprint density at radius 3 is 2.37 bits per heavy atom. The topological polar surface area (TPSA) is 102 Å². The highest BCUT2D eigenvalue weighted by atomic mass is 35.5. The highest BCUT2D eigenvalue weighted by Crippen LogP contribution is 2.38. The van der Waals surface area contributed by atoms with Gasteiger partial charge in [-0.25, -0.2) is 0 Å². The van der Waals surface area contributed by atoms with Gasteiger partial charge >= 0.3 is 12.1 Å². The summed E-state index contributed by atoms with van der Waals surface area (Å²) in [6.07, 6.45) is -4.39. The van der Waals surface area contributed by atoms with Gasteiger partial charge in [0.2, 0.25) is 5.91 Å². The van der Waals surface area contributed by atoms with Crippen LogP contribution in [0.3, 0.4) is 0 Å². The van der Waals surface area contributed by atoms with E-state index >= 15 is 0 Å². The third-order valence-corrected chi connectivity index (χ3v) is 5.95. The van der Waals surface area contributed by atoms with Gasteiger partial charge in [-0.3, -0.25) is 9.59 Å². The lowest BCUT2D eigenvalue weighted by molar-refractivity contribution is -0.140. The van der Waals surface area contributed by atoms with Gasteiger partial charge in [0, 0.05) is 12.2 Å². The molecule has 0 saturated heterocycles. The molecule has 202 valence electrons. The monoisotopic (exact) mass is 550 g/mol. The number of nitrogens with zero attached hydrogens (tertiary/aromatic N) is 1. The average molecular weight is 551 g/mol. The van der Waals surface area contributed by atoms with Crippen LogP contribution in [0.5, 0.6) is 11.5 Å². The number of carboxylic acids is 1. The Kier molecular flexibility index (Phi) is 9.24. The van der Waals surface area contributed by atoms with Crippen molar-refractivity contribution in [3.63, 3.8) is 0 Å². The van der Waals surface area contributed by atoms with Crippen LogP contribution in [0.15, 0.2) is 66.7 Å². The molecule has 1 atom stereocenters. The van der Waals surface area contributed by atoms with Gasteiger partial charge in [-0.15, -0.1) is 12.4 Å². The number of carbonyl (C=O) groups excluding carboxylic acids is 1. The minimum absolute atomic E-state index is 0. The van der Waals surface area contributed by atoms with Crippen molar-refractivity contribution in [1.82, 2.24) is 0 Å². The molecule has 0 fully saturated rings. The van der Waals surface area contributed by atoms with Gasteiger partial charge < -0.3 is 25.2 Å². The number of hydrogen-bond donors (Lipinski definition) is 2. The van der Waals surface area contributed by atoms with Crippen LogP contribution in [0.2, 0.25) is 0 Å². The smallest absolute Gasteiger partial charge is 0.419 e. The first-order valence-electron chi connectivity index (χ1n) is 11.5. The van der Waals surface area contributed by atoms with Crippen molar-refractivity contribution in [3.05, 3.63) is 89.0 Å². The van der Waals surface area contributed by atoms with Crippen molar-refractivity contribution in [2.24, 2.45) is 5.73 Å². The van der Waals surface area contributed by atoms with Crippen LogP contribution in [0, 0.1) is 0 Å². The lowest BCUT2D eigenvalue weighted by Crippen LogP contribution is -2.38. The molecule has 4 rings (SSSR count). The zero-order valence-electron chi connectivity index (χ0n) is 20.1. The van der Waals surface area contributed by atoms with Gasteiger partial charge in [0.25, 0.3) is 0 Å². The zero-order valence-corrected chi connectivity index (χ0v) is 20.9. The third-order valence-electron chi connectivity index (χ3n) is 5.95. The summed E-state index contributed by atoms with van der Waals surface area (Å²) >= 11 is 0. The van der Waals surface area contributed by atoms with Crippen LogP contribution in [0.4, 0.5) is 18.9 Å². The number of rotatable bonds is 9. The number of nitrogens with two attached hydrogens (primary N) is 1. The fourth-order valence-electron chi connectivity index (χ4n) is 4.03. The van der Waals surface area contributed by atoms with Crippen LogP contribution < -0.4 is 20.1 Å². The normalized spacial score (nSPS) is 13.3. The molecular formula is C27H26ClF3N2O5. The number of aliphatic carboxylic acids is 1. The molecule has 0 bridgehead atoms. The van der Waals surface area contributed by atoms with Gasteiger partial charge in [-0.1, -0.05) is 36.4 Å². The van der Waals surface area contributed by atoms with Crippen molar-refractivity contribution < 1.29 is 37.3 Å². The van der Waals surface area contributed by atoms with Gasteiger partial charge in [0.1, 0.15) is 30.8 Å². The van der Waals surface area contributed by atoms with Crippen LogP contribution in [0.25, 0.3) is 0 Å². The minimum atomic E-state index is -4.60. The zero-order chi connectivity index (χ0) is 26.6. The number of fused-ring (bicyclic) bond motifs is 1. The summed E-state index contributed by atoms with van der Waals surface area (Å²) in [5.74, 6) is -1.46. The molecule has 0 spiro atoms. The Labute approximate surface area is 223 Å². The minimum Gasteiger partial charge on any atom is -0.489 e. The Hall–Kier alpha value is -3.76. The van der Waals surface area contributed by atoms with Gasteiger partial charge in [-0.05, 0) is 53.4 Å². The molecule has 3 N–H and O–H groups in total. The highest BCUT2D eigenvalue weighted by molar-refractivity contribution is 5.97. The van der Waals surface area contributed by atoms with E-state index in [4.69, 9.17) is 20.3 Å². The van der Waals surface area contributed by atoms with E-state index in [0.717, 1.165) is 17.2 Å². The Balaban J connectivity index is 0.00000400. The molecule has 11 heteroatoms. The predicted octanol–water partition coefficient (Wildman–Crippen LogP) is 4.98. The van der Waals surface area contributed by atoms with E-state index in [1.807, 2.05) is 6.07 Å². The number of amides is 1. The molecule has 0 saturated carbocycles. The van der Waals surface area contributed by atoms with E-state index in [-0.39, 0.29) is 37.8 Å². The molecule has 1 heterocycles. The van der Waals surface area contributed by atoms with E-state index in [0.29, 0.717) is 30.0 Å². The van der Waals surface area contributed by atoms with E-state index in [1.54, 1.807) is 42.5 Å². The van der Waals surface area contributed by atoms with E-state index in [9.17, 15) is 22.8 Å². The van der Waals surface area contributed by atoms with E-state index in [1.165, 1.54) is 17.0 Å². The lowest BCUT2D eigenvalue weighted by atomic mass is 10.1. The summed E-state index contributed by atoms with van der Waals surface area (Å²) in [5.41, 5.74) is 7.11. The number of alkyl halides is 3. The summed E-state index contributed by atoms with van der Waals surface area (Å²) < 4.78 is 52.3. The van der Waals surface area contributed by atoms with Crippen LogP contribution >= 0.6 is 12.4 Å². The first-order chi connectivity index (χ1) is 17.6. The lowest BCUT2D eigenvalue weighted by Gasteiger charge is -2.19. The fourth-order valence-corrected chi connectivity index (χ4v) is 4.03. The summed E-state index contributed by atoms with van der Waals surface area (Å²) in [6, 6.07) is 16.5. The second-order valence-corrected chi connectivity index (χ2v) is 8.63. The second-order valence-electron chi connectivity index (χ2n) is 8.63. The van der Waals surface area contributed by atoms with Crippen LogP contribution in [0.1, 0.15) is 28.7 Å². The van der Waals surface area contributed by atoms with Crippen molar-refractivity contribution in [2.75, 3.05) is 11.4 Å². The Morgan fingerprint density at radius 2 is 1.68 bits per heavy atom. The fraction of sp³-hybridized carbons (Fsp3) is 0.259. The highest BCUT2D eigenvalue weighted by Gasteiger charge is 2.35. The second kappa shape index (κ2) is 12.2. The van der Waals surface area contributed by atoms with Gasteiger partial charge in [0.05, 0.1) is 12.0 Å². The standard InChI is InChI=1S/C27H25F3N2O5.ClH/c28-27(29,30)21-12-18(6-9-24(21)37-15-17-4-2-1-3-5-17)16-36-20-7-8-23-19(13-20)10-11-32(23)25(33)14-22(31)26(34)35;/h1-9,12-13,22H,10-11,14-16,31H2,(H,34,35);1H. The molecule has 1 amide bonds. The van der Waals surface area contributed by atoms with E-state index < -0.39 is 29.7 Å². The first kappa shape index (κ1) is 28.8. The molecule has 3 aromatic carbocycles. The molecule has 0 radical (unpaired) electrons. The molecule has 0 aromatic heterocycles. The maximum atomic E-state index is 13.7. The van der Waals surface area contributed by atoms with Crippen LogP contribution in [-0.2, 0) is 35.4 Å². The van der Waals surface area contributed by atoms with Gasteiger partial charge in [-0.2, -0.15) is 13.2 Å². The third kappa shape index (κ3) is 6.96. The largest absolute Gasteiger partial charge is 0.489 e. The predicted molar refractivity (Wildman–Crippen MR) is 137 cm³/mol. The molecule has 0 aliphatic carbocycles. The quantitative estimate of drug-likeness (QED) is 0.390. The van der Waals surface area contributed by atoms with Crippen molar-refractivity contribution in [3.8, 4) is 11.5 Å². The van der Waals surface area contributed by atoms with Crippen molar-refractivity contribution >= 4 is 30.0 Å². The first-order valence-corrected chi connectivity index (χ1v) is 11.5. The average Bonchev–Trinajstić information content (AvgIpc) is 3.30. The molecule has 1 unspecified atom stereocenters. The number of ether oxygens (including phenoxy) is 2. The summed E-state index contributed by atoms with van der Waals surface area (Å²) in [6.45, 7) is 0.289. The molecule has 7 nitrogen and oxygen atoms in total. The number of halogens is 4.